The van der Waals surface area contributed by atoms with Crippen molar-refractivity contribution < 1.29 is 14.3 Å². The minimum Gasteiger partial charge on any atom is -0.388 e. The average molecular weight is 428 g/mol. The van der Waals surface area contributed by atoms with E-state index < -0.39 is 22.9 Å². The third-order valence-corrected chi connectivity index (χ3v) is 5.46. The lowest BCUT2D eigenvalue weighted by atomic mass is 9.80. The van der Waals surface area contributed by atoms with E-state index >= 15 is 0 Å². The number of hydrogen-bond donors (Lipinski definition) is 2. The van der Waals surface area contributed by atoms with Gasteiger partial charge in [0.15, 0.2) is 0 Å². The van der Waals surface area contributed by atoms with E-state index in [1.807, 2.05) is 0 Å². The fraction of sp³-hybridized carbons (Fsp3) is 0.227. The smallest absolute Gasteiger partial charge is 0.284 e. The highest BCUT2D eigenvalue weighted by molar-refractivity contribution is 6.30. The maximum atomic E-state index is 13.7. The van der Waals surface area contributed by atoms with Gasteiger partial charge in [0.2, 0.25) is 0 Å². The molecular formula is C22H19ClFN3O3. The molecule has 0 aliphatic heterocycles. The number of nitrogens with zero attached hydrogens (tertiary/aromatic N) is 2. The Morgan fingerprint density at radius 1 is 1.20 bits per heavy atom. The molecule has 0 saturated heterocycles. The van der Waals surface area contributed by atoms with Gasteiger partial charge in [0.25, 0.3) is 11.5 Å². The Morgan fingerprint density at radius 3 is 2.57 bits per heavy atom. The summed E-state index contributed by atoms with van der Waals surface area (Å²) < 4.78 is 14.7. The SMILES string of the molecule is O=C(NCC1(O)CCC1)c1cc(-c2ccc(Cl)cc2)nn(-c2cccc(F)c2)c1=O. The van der Waals surface area contributed by atoms with Crippen molar-refractivity contribution in [2.24, 2.45) is 0 Å². The molecule has 4 rings (SSSR count). The molecule has 8 heteroatoms. The van der Waals surface area contributed by atoms with E-state index in [-0.39, 0.29) is 17.8 Å². The van der Waals surface area contributed by atoms with Crippen LogP contribution >= 0.6 is 11.6 Å². The number of nitrogens with one attached hydrogen (secondary N) is 1. The number of rotatable bonds is 5. The zero-order chi connectivity index (χ0) is 21.3. The van der Waals surface area contributed by atoms with Crippen LogP contribution in [0.2, 0.25) is 5.02 Å². The molecule has 2 N–H and O–H groups in total. The fourth-order valence-electron chi connectivity index (χ4n) is 3.30. The molecule has 0 atom stereocenters. The van der Waals surface area contributed by atoms with Gasteiger partial charge in [-0.25, -0.2) is 4.39 Å². The van der Waals surface area contributed by atoms with Gasteiger partial charge < -0.3 is 10.4 Å². The fourth-order valence-corrected chi connectivity index (χ4v) is 3.43. The van der Waals surface area contributed by atoms with Crippen molar-refractivity contribution in [1.29, 1.82) is 0 Å². The van der Waals surface area contributed by atoms with Crippen LogP contribution in [0.4, 0.5) is 4.39 Å². The number of benzene rings is 2. The number of halogens is 2. The van der Waals surface area contributed by atoms with Crippen LogP contribution in [0.25, 0.3) is 16.9 Å². The molecule has 0 radical (unpaired) electrons. The van der Waals surface area contributed by atoms with Crippen LogP contribution < -0.4 is 10.9 Å². The standard InChI is InChI=1S/C22H19ClFN3O3/c23-15-7-5-14(6-8-15)19-12-18(20(28)25-13-22(30)9-2-10-22)21(29)27(26-19)17-4-1-3-16(24)11-17/h1,3-8,11-12,30H,2,9-10,13H2,(H,25,28). The van der Waals surface area contributed by atoms with Crippen molar-refractivity contribution in [3.63, 3.8) is 0 Å². The number of hydrogen-bond acceptors (Lipinski definition) is 4. The zero-order valence-corrected chi connectivity index (χ0v) is 16.7. The molecule has 3 aromatic rings. The second-order valence-corrected chi connectivity index (χ2v) is 7.84. The molecule has 1 fully saturated rings. The van der Waals surface area contributed by atoms with E-state index in [0.29, 0.717) is 29.1 Å². The summed E-state index contributed by atoms with van der Waals surface area (Å²) in [6, 6.07) is 13.6. The van der Waals surface area contributed by atoms with Crippen molar-refractivity contribution in [2.75, 3.05) is 6.54 Å². The largest absolute Gasteiger partial charge is 0.388 e. The highest BCUT2D eigenvalue weighted by Crippen LogP contribution is 2.30. The molecule has 1 heterocycles. The topological polar surface area (TPSA) is 84.2 Å². The molecule has 1 aliphatic carbocycles. The quantitative estimate of drug-likeness (QED) is 0.654. The normalized spacial score (nSPS) is 14.8. The monoisotopic (exact) mass is 427 g/mol. The first-order chi connectivity index (χ1) is 14.3. The number of aromatic nitrogens is 2. The lowest BCUT2D eigenvalue weighted by molar-refractivity contribution is -0.0300. The van der Waals surface area contributed by atoms with Crippen LogP contribution in [-0.2, 0) is 0 Å². The van der Waals surface area contributed by atoms with Gasteiger partial charge in [0, 0.05) is 17.1 Å². The maximum Gasteiger partial charge on any atom is 0.284 e. The minimum atomic E-state index is -0.927. The van der Waals surface area contributed by atoms with Crippen LogP contribution in [0, 0.1) is 5.82 Å². The van der Waals surface area contributed by atoms with Gasteiger partial charge in [-0.05, 0) is 55.7 Å². The molecule has 30 heavy (non-hydrogen) atoms. The lowest BCUT2D eigenvalue weighted by Gasteiger charge is -2.36. The Bertz CT molecular complexity index is 1160. The summed E-state index contributed by atoms with van der Waals surface area (Å²) >= 11 is 5.95. The molecule has 1 saturated carbocycles. The van der Waals surface area contributed by atoms with Crippen molar-refractivity contribution in [1.82, 2.24) is 15.1 Å². The Hall–Kier alpha value is -3.03. The van der Waals surface area contributed by atoms with Crippen LogP contribution in [0.5, 0.6) is 0 Å². The van der Waals surface area contributed by atoms with Gasteiger partial charge in [0.1, 0.15) is 11.4 Å². The van der Waals surface area contributed by atoms with Crippen LogP contribution in [-0.4, -0.2) is 32.9 Å². The van der Waals surface area contributed by atoms with Crippen LogP contribution in [0.3, 0.4) is 0 Å². The Morgan fingerprint density at radius 2 is 1.93 bits per heavy atom. The summed E-state index contributed by atoms with van der Waals surface area (Å²) in [6.45, 7) is 0.0594. The van der Waals surface area contributed by atoms with Gasteiger partial charge in [0.05, 0.1) is 17.0 Å². The van der Waals surface area contributed by atoms with Gasteiger partial charge in [-0.15, -0.1) is 0 Å². The molecule has 1 aromatic heterocycles. The predicted molar refractivity (Wildman–Crippen MR) is 111 cm³/mol. The molecule has 6 nitrogen and oxygen atoms in total. The first kappa shape index (κ1) is 20.3. The van der Waals surface area contributed by atoms with Crippen molar-refractivity contribution >= 4 is 17.5 Å². The number of aliphatic hydroxyl groups is 1. The molecule has 2 aromatic carbocycles. The third-order valence-electron chi connectivity index (χ3n) is 5.21. The molecular weight excluding hydrogens is 409 g/mol. The summed E-state index contributed by atoms with van der Waals surface area (Å²) in [6.07, 6.45) is 2.11. The Balaban J connectivity index is 1.78. The second kappa shape index (κ2) is 8.01. The van der Waals surface area contributed by atoms with Crippen LogP contribution in [0.1, 0.15) is 29.6 Å². The highest BCUT2D eigenvalue weighted by Gasteiger charge is 2.34. The Kier molecular flexibility index (Phi) is 5.40. The molecule has 154 valence electrons. The zero-order valence-electron chi connectivity index (χ0n) is 15.9. The third kappa shape index (κ3) is 4.13. The van der Waals surface area contributed by atoms with E-state index in [1.54, 1.807) is 24.3 Å². The van der Waals surface area contributed by atoms with Crippen LogP contribution in [0.15, 0.2) is 59.4 Å². The molecule has 1 amide bonds. The molecule has 0 unspecified atom stereocenters. The Labute approximate surface area is 176 Å². The number of carbonyl (C=O) groups is 1. The van der Waals surface area contributed by atoms with Gasteiger partial charge >= 0.3 is 0 Å². The van der Waals surface area contributed by atoms with Crippen molar-refractivity contribution in [3.8, 4) is 16.9 Å². The summed E-state index contributed by atoms with van der Waals surface area (Å²) in [7, 11) is 0. The summed E-state index contributed by atoms with van der Waals surface area (Å²) in [5.74, 6) is -1.15. The first-order valence-corrected chi connectivity index (χ1v) is 9.89. The van der Waals surface area contributed by atoms with Gasteiger partial charge in [-0.1, -0.05) is 29.8 Å². The summed E-state index contributed by atoms with van der Waals surface area (Å²) in [5.41, 5.74) is -0.580. The minimum absolute atomic E-state index is 0.0594. The number of carbonyl (C=O) groups excluding carboxylic acids is 1. The summed E-state index contributed by atoms with van der Waals surface area (Å²) in [5, 5.41) is 17.7. The van der Waals surface area contributed by atoms with E-state index in [4.69, 9.17) is 11.6 Å². The van der Waals surface area contributed by atoms with E-state index in [1.165, 1.54) is 30.3 Å². The van der Waals surface area contributed by atoms with E-state index in [2.05, 4.69) is 10.4 Å². The lowest BCUT2D eigenvalue weighted by Crippen LogP contribution is -2.48. The van der Waals surface area contributed by atoms with Crippen molar-refractivity contribution in [2.45, 2.75) is 24.9 Å². The first-order valence-electron chi connectivity index (χ1n) is 9.51. The van der Waals surface area contributed by atoms with Gasteiger partial charge in [-0.2, -0.15) is 9.78 Å². The highest BCUT2D eigenvalue weighted by atomic mass is 35.5. The predicted octanol–water partition coefficient (Wildman–Crippen LogP) is 3.34. The van der Waals surface area contributed by atoms with Gasteiger partial charge in [-0.3, -0.25) is 9.59 Å². The van der Waals surface area contributed by atoms with Crippen molar-refractivity contribution in [3.05, 3.63) is 81.4 Å². The molecule has 0 spiro atoms. The molecule has 1 aliphatic rings. The van der Waals surface area contributed by atoms with E-state index in [0.717, 1.165) is 11.1 Å². The maximum absolute atomic E-state index is 13.7. The number of amides is 1. The molecule has 0 bridgehead atoms. The average Bonchev–Trinajstić information content (AvgIpc) is 2.71. The summed E-state index contributed by atoms with van der Waals surface area (Å²) in [4.78, 5) is 25.8. The van der Waals surface area contributed by atoms with E-state index in [9.17, 15) is 19.1 Å². The second-order valence-electron chi connectivity index (χ2n) is 7.41.